The molecule has 1 unspecified atom stereocenters. The van der Waals surface area contributed by atoms with Crippen molar-refractivity contribution in [1.82, 2.24) is 0 Å². The molecule has 0 spiro atoms. The quantitative estimate of drug-likeness (QED) is 0.384. The molecule has 0 bridgehead atoms. The number of allylic oxidation sites excluding steroid dienone is 3. The number of ketones is 1. The number of nitrogens with two attached hydrogens (primary N) is 1. The van der Waals surface area contributed by atoms with E-state index in [1.54, 1.807) is 6.07 Å². The Kier molecular flexibility index (Phi) is 7.01. The number of hydrogen-bond donors (Lipinski definition) is 1. The molecule has 5 nitrogen and oxygen atoms in total. The van der Waals surface area contributed by atoms with Gasteiger partial charge in [-0.25, -0.2) is 0 Å². The SMILES string of the molecule is Cc1cc(C)c(C2C(C#N)=C(N)N(c3ccccc3C)C3=C2C(=O)CCC3)cc1COc1ccccc1Cl. The molecule has 2 N–H and O–H groups in total. The third-order valence-electron chi connectivity index (χ3n) is 7.53. The van der Waals surface area contributed by atoms with Crippen molar-refractivity contribution in [2.24, 2.45) is 5.73 Å². The number of rotatable bonds is 5. The lowest BCUT2D eigenvalue weighted by atomic mass is 9.74. The van der Waals surface area contributed by atoms with Crippen molar-refractivity contribution in [3.8, 4) is 11.8 Å². The molecule has 2 aliphatic rings. The molecule has 1 aliphatic carbocycles. The molecule has 5 rings (SSSR count). The fourth-order valence-electron chi connectivity index (χ4n) is 5.59. The van der Waals surface area contributed by atoms with Crippen LogP contribution in [0.3, 0.4) is 0 Å². The van der Waals surface area contributed by atoms with Crippen LogP contribution in [0.5, 0.6) is 5.75 Å². The van der Waals surface area contributed by atoms with Gasteiger partial charge in [-0.2, -0.15) is 5.26 Å². The summed E-state index contributed by atoms with van der Waals surface area (Å²) in [7, 11) is 0. The maximum absolute atomic E-state index is 13.6. The zero-order valence-corrected chi connectivity index (χ0v) is 22.6. The first-order valence-corrected chi connectivity index (χ1v) is 13.2. The number of nitrogens with zero attached hydrogens (tertiary/aromatic N) is 2. The topological polar surface area (TPSA) is 79.4 Å². The van der Waals surface area contributed by atoms with Gasteiger partial charge in [0, 0.05) is 17.7 Å². The summed E-state index contributed by atoms with van der Waals surface area (Å²) >= 11 is 6.30. The normalized spacial score (nSPS) is 17.4. The Hall–Kier alpha value is -4.01. The van der Waals surface area contributed by atoms with E-state index in [0.717, 1.165) is 52.0 Å². The lowest BCUT2D eigenvalue weighted by Gasteiger charge is -2.40. The van der Waals surface area contributed by atoms with Crippen molar-refractivity contribution in [3.63, 3.8) is 0 Å². The minimum absolute atomic E-state index is 0.0731. The maximum Gasteiger partial charge on any atom is 0.161 e. The van der Waals surface area contributed by atoms with Gasteiger partial charge in [-0.15, -0.1) is 0 Å². The lowest BCUT2D eigenvalue weighted by molar-refractivity contribution is -0.116. The summed E-state index contributed by atoms with van der Waals surface area (Å²) in [4.78, 5) is 15.5. The van der Waals surface area contributed by atoms with Gasteiger partial charge in [0.25, 0.3) is 0 Å². The molecule has 1 atom stereocenters. The summed E-state index contributed by atoms with van der Waals surface area (Å²) in [5, 5.41) is 11.0. The monoisotopic (exact) mass is 523 g/mol. The largest absolute Gasteiger partial charge is 0.487 e. The van der Waals surface area contributed by atoms with E-state index in [4.69, 9.17) is 22.1 Å². The summed E-state index contributed by atoms with van der Waals surface area (Å²) < 4.78 is 6.06. The minimum atomic E-state index is -0.525. The first kappa shape index (κ1) is 25.6. The van der Waals surface area contributed by atoms with E-state index in [1.807, 2.05) is 68.1 Å². The van der Waals surface area contributed by atoms with Crippen molar-refractivity contribution in [2.75, 3.05) is 4.90 Å². The summed E-state index contributed by atoms with van der Waals surface area (Å²) in [6.07, 6.45) is 1.94. The van der Waals surface area contributed by atoms with Crippen LogP contribution in [-0.4, -0.2) is 5.78 Å². The summed E-state index contributed by atoms with van der Waals surface area (Å²) in [6.45, 7) is 6.38. The number of carbonyl (C=O) groups excluding carboxylic acids is 1. The highest BCUT2D eigenvalue weighted by atomic mass is 35.5. The van der Waals surface area contributed by atoms with Crippen molar-refractivity contribution < 1.29 is 9.53 Å². The van der Waals surface area contributed by atoms with E-state index < -0.39 is 5.92 Å². The molecule has 1 heterocycles. The average molecular weight is 524 g/mol. The van der Waals surface area contributed by atoms with Crippen LogP contribution in [0.2, 0.25) is 5.02 Å². The Bertz CT molecular complexity index is 1550. The standard InChI is InChI=1S/C32H30ClN3O2/c1-19-9-4-6-11-26(19)36-27-12-8-13-28(37)31(27)30(24(17-34)32(36)35)23-16-22(20(2)15-21(23)3)18-38-29-14-7-5-10-25(29)33/h4-7,9-11,14-16,30H,8,12-13,18,35H2,1-3H3. The van der Waals surface area contributed by atoms with Crippen LogP contribution in [-0.2, 0) is 11.4 Å². The Morgan fingerprint density at radius 1 is 1.03 bits per heavy atom. The van der Waals surface area contributed by atoms with Crippen LogP contribution < -0.4 is 15.4 Å². The Morgan fingerprint density at radius 2 is 1.76 bits per heavy atom. The Labute approximate surface area is 228 Å². The van der Waals surface area contributed by atoms with E-state index in [-0.39, 0.29) is 5.78 Å². The first-order chi connectivity index (χ1) is 18.3. The number of benzene rings is 3. The second kappa shape index (κ2) is 10.4. The van der Waals surface area contributed by atoms with Crippen LogP contribution >= 0.6 is 11.6 Å². The van der Waals surface area contributed by atoms with Gasteiger partial charge in [0.15, 0.2) is 5.78 Å². The van der Waals surface area contributed by atoms with Crippen LogP contribution in [0.4, 0.5) is 5.69 Å². The number of Topliss-reactive ketones (excluding diaryl/α,β-unsaturated/α-hetero) is 1. The molecular formula is C32H30ClN3O2. The number of anilines is 1. The van der Waals surface area contributed by atoms with E-state index in [0.29, 0.717) is 40.8 Å². The molecule has 3 aromatic rings. The molecule has 192 valence electrons. The molecule has 0 saturated heterocycles. The molecule has 0 aromatic heterocycles. The number of aryl methyl sites for hydroxylation is 3. The first-order valence-electron chi connectivity index (χ1n) is 12.8. The number of para-hydroxylation sites is 2. The van der Waals surface area contributed by atoms with Crippen molar-refractivity contribution >= 4 is 23.1 Å². The molecule has 38 heavy (non-hydrogen) atoms. The number of carbonyl (C=O) groups is 1. The zero-order valence-electron chi connectivity index (χ0n) is 21.8. The highest BCUT2D eigenvalue weighted by molar-refractivity contribution is 6.32. The fraction of sp³-hybridized carbons (Fsp3) is 0.250. The highest BCUT2D eigenvalue weighted by Crippen LogP contribution is 2.47. The lowest BCUT2D eigenvalue weighted by Crippen LogP contribution is -2.39. The second-order valence-electron chi connectivity index (χ2n) is 9.96. The highest BCUT2D eigenvalue weighted by Gasteiger charge is 2.41. The molecule has 0 saturated carbocycles. The average Bonchev–Trinajstić information content (AvgIpc) is 2.89. The minimum Gasteiger partial charge on any atom is -0.487 e. The third-order valence-corrected chi connectivity index (χ3v) is 7.84. The van der Waals surface area contributed by atoms with Gasteiger partial charge in [-0.05, 0) is 79.6 Å². The maximum atomic E-state index is 13.6. The van der Waals surface area contributed by atoms with Crippen LogP contribution in [0.25, 0.3) is 0 Å². The predicted molar refractivity (Wildman–Crippen MR) is 151 cm³/mol. The Balaban J connectivity index is 1.65. The zero-order chi connectivity index (χ0) is 27.0. The smallest absolute Gasteiger partial charge is 0.161 e. The van der Waals surface area contributed by atoms with E-state index in [1.165, 1.54) is 0 Å². The van der Waals surface area contributed by atoms with Crippen LogP contribution in [0.15, 0.2) is 83.3 Å². The molecule has 6 heteroatoms. The van der Waals surface area contributed by atoms with Gasteiger partial charge in [-0.1, -0.05) is 54.1 Å². The van der Waals surface area contributed by atoms with Gasteiger partial charge < -0.3 is 10.5 Å². The second-order valence-corrected chi connectivity index (χ2v) is 10.4. The molecule has 0 radical (unpaired) electrons. The van der Waals surface area contributed by atoms with Crippen molar-refractivity contribution in [3.05, 3.63) is 116 Å². The summed E-state index contributed by atoms with van der Waals surface area (Å²) in [5.41, 5.74) is 14.6. The fourth-order valence-corrected chi connectivity index (χ4v) is 5.78. The third kappa shape index (κ3) is 4.46. The summed E-state index contributed by atoms with van der Waals surface area (Å²) in [6, 6.07) is 21.8. The Morgan fingerprint density at radius 3 is 2.50 bits per heavy atom. The van der Waals surface area contributed by atoms with Crippen molar-refractivity contribution in [2.45, 2.75) is 52.6 Å². The number of ether oxygens (including phenoxy) is 1. The van der Waals surface area contributed by atoms with E-state index in [9.17, 15) is 10.1 Å². The van der Waals surface area contributed by atoms with Gasteiger partial charge in [0.05, 0.1) is 28.3 Å². The van der Waals surface area contributed by atoms with Gasteiger partial charge in [0.1, 0.15) is 18.2 Å². The van der Waals surface area contributed by atoms with Crippen LogP contribution in [0, 0.1) is 32.1 Å². The van der Waals surface area contributed by atoms with Gasteiger partial charge in [-0.3, -0.25) is 9.69 Å². The van der Waals surface area contributed by atoms with Crippen molar-refractivity contribution in [1.29, 1.82) is 5.26 Å². The number of halogens is 1. The molecule has 1 aliphatic heterocycles. The molecular weight excluding hydrogens is 494 g/mol. The van der Waals surface area contributed by atoms with Crippen LogP contribution in [0.1, 0.15) is 53.0 Å². The number of nitriles is 1. The van der Waals surface area contributed by atoms with Gasteiger partial charge in [0.2, 0.25) is 0 Å². The number of hydrogen-bond acceptors (Lipinski definition) is 5. The van der Waals surface area contributed by atoms with E-state index >= 15 is 0 Å². The van der Waals surface area contributed by atoms with E-state index in [2.05, 4.69) is 18.2 Å². The molecule has 0 amide bonds. The molecule has 3 aromatic carbocycles. The van der Waals surface area contributed by atoms with Gasteiger partial charge >= 0.3 is 0 Å². The predicted octanol–water partition coefficient (Wildman–Crippen LogP) is 7.15. The summed E-state index contributed by atoms with van der Waals surface area (Å²) in [5.74, 6) is 0.539. The molecule has 0 fully saturated rings.